The van der Waals surface area contributed by atoms with E-state index in [1.54, 1.807) is 6.92 Å². The van der Waals surface area contributed by atoms with Crippen LogP contribution in [0.25, 0.3) is 16.6 Å². The minimum absolute atomic E-state index is 0.0230. The number of pyridine rings is 1. The molecule has 0 aliphatic rings. The van der Waals surface area contributed by atoms with Gasteiger partial charge in [-0.25, -0.2) is 19.6 Å². The molecule has 34 heavy (non-hydrogen) atoms. The van der Waals surface area contributed by atoms with Crippen LogP contribution < -0.4 is 5.32 Å². The summed E-state index contributed by atoms with van der Waals surface area (Å²) in [4.78, 5) is 15.4. The molecule has 3 heterocycles. The fourth-order valence-corrected chi connectivity index (χ4v) is 3.15. The van der Waals surface area contributed by atoms with Crippen molar-refractivity contribution >= 4 is 16.7 Å². The predicted octanol–water partition coefficient (Wildman–Crippen LogP) is 4.69. The fourth-order valence-electron chi connectivity index (χ4n) is 3.15. The topological polar surface area (TPSA) is 105 Å². The van der Waals surface area contributed by atoms with Crippen LogP contribution in [0.4, 0.5) is 32.2 Å². The van der Waals surface area contributed by atoms with E-state index in [1.807, 2.05) is 6.07 Å². The van der Waals surface area contributed by atoms with E-state index in [0.717, 1.165) is 6.33 Å². The highest BCUT2D eigenvalue weighted by atomic mass is 19.4. The Bertz CT molecular complexity index is 1400. The first kappa shape index (κ1) is 22.9. The molecule has 0 spiro atoms. The van der Waals surface area contributed by atoms with Gasteiger partial charge in [-0.15, -0.1) is 5.10 Å². The maximum absolute atomic E-state index is 13.5. The van der Waals surface area contributed by atoms with Crippen molar-refractivity contribution in [3.8, 4) is 11.8 Å². The summed E-state index contributed by atoms with van der Waals surface area (Å²) in [6, 6.07) is 3.26. The van der Waals surface area contributed by atoms with Crippen LogP contribution in [0.3, 0.4) is 0 Å². The van der Waals surface area contributed by atoms with Gasteiger partial charge >= 0.3 is 12.4 Å². The Labute approximate surface area is 186 Å². The molecule has 0 aliphatic carbocycles. The zero-order valence-electron chi connectivity index (χ0n) is 17.0. The molecule has 0 fully saturated rings. The number of nitrogens with one attached hydrogen (secondary N) is 1. The third kappa shape index (κ3) is 4.45. The van der Waals surface area contributed by atoms with Gasteiger partial charge in [0.1, 0.15) is 24.5 Å². The summed E-state index contributed by atoms with van der Waals surface area (Å²) < 4.78 is 81.6. The van der Waals surface area contributed by atoms with E-state index < -0.39 is 40.4 Å². The highest BCUT2D eigenvalue weighted by Crippen LogP contribution is 2.40. The number of hydrogen-bond acceptors (Lipinski definition) is 7. The molecule has 3 aromatic heterocycles. The number of hydrogen-bond donors (Lipinski definition) is 1. The summed E-state index contributed by atoms with van der Waals surface area (Å²) >= 11 is 0. The SMILES string of the molecule is C[C@H](Nc1ncnc2c(C(F)(F)F)cc(C(F)(F)F)cc12)c1ncn(-c2cncc(C#N)c2)n1. The molecule has 0 bridgehead atoms. The highest BCUT2D eigenvalue weighted by molar-refractivity contribution is 5.92. The number of fused-ring (bicyclic) bond motifs is 1. The van der Waals surface area contributed by atoms with Gasteiger partial charge in [-0.3, -0.25) is 4.98 Å². The van der Waals surface area contributed by atoms with E-state index in [9.17, 15) is 26.3 Å². The summed E-state index contributed by atoms with van der Waals surface area (Å²) in [6.45, 7) is 1.55. The first-order valence-electron chi connectivity index (χ1n) is 9.44. The van der Waals surface area contributed by atoms with E-state index in [2.05, 4.69) is 30.4 Å². The number of halogens is 6. The smallest absolute Gasteiger partial charge is 0.360 e. The first-order valence-corrected chi connectivity index (χ1v) is 9.44. The number of anilines is 1. The van der Waals surface area contributed by atoms with Crippen LogP contribution in [-0.2, 0) is 12.4 Å². The molecule has 0 amide bonds. The van der Waals surface area contributed by atoms with E-state index in [4.69, 9.17) is 5.26 Å². The van der Waals surface area contributed by atoms with Crippen LogP contribution in [0.15, 0.2) is 43.2 Å². The first-order chi connectivity index (χ1) is 16.0. The molecule has 0 aliphatic heterocycles. The number of aromatic nitrogens is 6. The normalized spacial score (nSPS) is 13.0. The minimum Gasteiger partial charge on any atom is -0.360 e. The Morgan fingerprint density at radius 2 is 1.76 bits per heavy atom. The average Bonchev–Trinajstić information content (AvgIpc) is 3.28. The van der Waals surface area contributed by atoms with Crippen LogP contribution in [0.1, 0.15) is 35.5 Å². The van der Waals surface area contributed by atoms with Gasteiger partial charge < -0.3 is 5.32 Å². The Morgan fingerprint density at radius 3 is 2.44 bits per heavy atom. The fraction of sp³-hybridized carbons (Fsp3) is 0.200. The lowest BCUT2D eigenvalue weighted by Crippen LogP contribution is -2.14. The highest BCUT2D eigenvalue weighted by Gasteiger charge is 2.39. The number of alkyl halides is 6. The zero-order valence-corrected chi connectivity index (χ0v) is 17.0. The quantitative estimate of drug-likeness (QED) is 0.425. The van der Waals surface area contributed by atoms with Gasteiger partial charge in [0.05, 0.1) is 40.1 Å². The summed E-state index contributed by atoms with van der Waals surface area (Å²) in [7, 11) is 0. The molecular formula is C20H12F6N8. The summed E-state index contributed by atoms with van der Waals surface area (Å²) in [5.41, 5.74) is -2.97. The van der Waals surface area contributed by atoms with Gasteiger partial charge in [-0.1, -0.05) is 0 Å². The molecule has 4 rings (SSSR count). The van der Waals surface area contributed by atoms with Crippen LogP contribution in [0, 0.1) is 11.3 Å². The van der Waals surface area contributed by atoms with E-state index in [1.165, 1.54) is 29.5 Å². The lowest BCUT2D eigenvalue weighted by Gasteiger charge is -2.17. The van der Waals surface area contributed by atoms with Crippen molar-refractivity contribution in [3.63, 3.8) is 0 Å². The summed E-state index contributed by atoms with van der Waals surface area (Å²) in [5, 5.41) is 15.5. The average molecular weight is 478 g/mol. The molecule has 0 saturated heterocycles. The van der Waals surface area contributed by atoms with Crippen molar-refractivity contribution in [2.75, 3.05) is 5.32 Å². The Balaban J connectivity index is 1.72. The Hall–Kier alpha value is -4.28. The Kier molecular flexibility index (Phi) is 5.56. The van der Waals surface area contributed by atoms with Gasteiger partial charge in [0.2, 0.25) is 0 Å². The van der Waals surface area contributed by atoms with Gasteiger partial charge in [0.15, 0.2) is 5.82 Å². The maximum atomic E-state index is 13.5. The predicted molar refractivity (Wildman–Crippen MR) is 105 cm³/mol. The van der Waals surface area contributed by atoms with Crippen molar-refractivity contribution in [1.29, 1.82) is 5.26 Å². The van der Waals surface area contributed by atoms with Gasteiger partial charge in [0, 0.05) is 11.6 Å². The van der Waals surface area contributed by atoms with E-state index in [-0.39, 0.29) is 23.3 Å². The molecule has 1 N–H and O–H groups in total. The lowest BCUT2D eigenvalue weighted by atomic mass is 10.0. The molecule has 0 saturated carbocycles. The molecule has 4 aromatic rings. The number of nitriles is 1. The number of rotatable bonds is 4. The second-order valence-electron chi connectivity index (χ2n) is 7.09. The summed E-state index contributed by atoms with van der Waals surface area (Å²) in [6.07, 6.45) is -5.14. The van der Waals surface area contributed by atoms with Crippen molar-refractivity contribution in [3.05, 3.63) is 65.8 Å². The standard InChI is InChI=1S/C20H12F6N8/c1-10(17-31-9-34(33-17)13-2-11(5-27)6-28-7-13)32-18-14-3-12(19(21,22)23)4-15(20(24,25)26)16(14)29-8-30-18/h2-4,6-10H,1H3,(H,29,30,32)/t10-/m0/s1. The maximum Gasteiger partial charge on any atom is 0.418 e. The van der Waals surface area contributed by atoms with Crippen molar-refractivity contribution in [2.45, 2.75) is 25.3 Å². The molecule has 0 radical (unpaired) electrons. The largest absolute Gasteiger partial charge is 0.418 e. The van der Waals surface area contributed by atoms with Crippen molar-refractivity contribution < 1.29 is 26.3 Å². The third-order valence-corrected chi connectivity index (χ3v) is 4.74. The van der Waals surface area contributed by atoms with Crippen LogP contribution in [-0.4, -0.2) is 29.7 Å². The van der Waals surface area contributed by atoms with Crippen molar-refractivity contribution in [2.24, 2.45) is 0 Å². The molecular weight excluding hydrogens is 466 g/mol. The second kappa shape index (κ2) is 8.25. The monoisotopic (exact) mass is 478 g/mol. The van der Waals surface area contributed by atoms with E-state index in [0.29, 0.717) is 11.8 Å². The number of nitrogens with zero attached hydrogens (tertiary/aromatic N) is 7. The van der Waals surface area contributed by atoms with Crippen LogP contribution in [0.2, 0.25) is 0 Å². The molecule has 1 aromatic carbocycles. The molecule has 174 valence electrons. The molecule has 8 nitrogen and oxygen atoms in total. The van der Waals surface area contributed by atoms with Gasteiger partial charge in [0.25, 0.3) is 0 Å². The minimum atomic E-state index is -5.07. The van der Waals surface area contributed by atoms with Crippen LogP contribution in [0.5, 0.6) is 0 Å². The molecule has 14 heteroatoms. The second-order valence-corrected chi connectivity index (χ2v) is 7.09. The van der Waals surface area contributed by atoms with Gasteiger partial charge in [-0.05, 0) is 25.1 Å². The zero-order chi connectivity index (χ0) is 24.7. The van der Waals surface area contributed by atoms with Crippen LogP contribution >= 0.6 is 0 Å². The molecule has 1 atom stereocenters. The lowest BCUT2D eigenvalue weighted by molar-refractivity contribution is -0.142. The van der Waals surface area contributed by atoms with Gasteiger partial charge in [-0.2, -0.15) is 31.6 Å². The third-order valence-electron chi connectivity index (χ3n) is 4.74. The van der Waals surface area contributed by atoms with E-state index >= 15 is 0 Å². The Morgan fingerprint density at radius 1 is 1.00 bits per heavy atom. The molecule has 0 unspecified atom stereocenters. The summed E-state index contributed by atoms with van der Waals surface area (Å²) in [5.74, 6) is -0.0873. The number of benzene rings is 1. The van der Waals surface area contributed by atoms with Crippen molar-refractivity contribution in [1.82, 2.24) is 29.7 Å².